The molecule has 4 heteroatoms. The number of carbonyl (C=O) groups is 1. The van der Waals surface area contributed by atoms with E-state index in [9.17, 15) is 9.59 Å². The number of carbonyl (C=O) groups excluding carboxylic acids is 1. The second kappa shape index (κ2) is 6.14. The lowest BCUT2D eigenvalue weighted by Gasteiger charge is -2.42. The van der Waals surface area contributed by atoms with Crippen LogP contribution in [0.3, 0.4) is 0 Å². The van der Waals surface area contributed by atoms with Gasteiger partial charge in [0.15, 0.2) is 0 Å². The van der Waals surface area contributed by atoms with Gasteiger partial charge in [-0.15, -0.1) is 0 Å². The summed E-state index contributed by atoms with van der Waals surface area (Å²) in [6, 6.07) is 5.57. The zero-order valence-corrected chi connectivity index (χ0v) is 13.7. The predicted octanol–water partition coefficient (Wildman–Crippen LogP) is 2.76. The first-order valence-corrected chi connectivity index (χ1v) is 9.18. The summed E-state index contributed by atoms with van der Waals surface area (Å²) < 4.78 is 1.93. The van der Waals surface area contributed by atoms with Crippen molar-refractivity contribution in [2.24, 2.45) is 11.8 Å². The predicted molar refractivity (Wildman–Crippen MR) is 89.3 cm³/mol. The summed E-state index contributed by atoms with van der Waals surface area (Å²) in [7, 11) is 0. The lowest BCUT2D eigenvalue weighted by Crippen LogP contribution is -2.49. The first-order valence-electron chi connectivity index (χ1n) is 9.18. The Bertz CT molecular complexity index is 645. The van der Waals surface area contributed by atoms with Crippen molar-refractivity contribution in [1.29, 1.82) is 0 Å². The molecule has 0 N–H and O–H groups in total. The maximum atomic E-state index is 12.6. The van der Waals surface area contributed by atoms with E-state index in [-0.39, 0.29) is 5.56 Å². The molecule has 1 aromatic rings. The van der Waals surface area contributed by atoms with E-state index in [1.54, 1.807) is 6.07 Å². The summed E-state index contributed by atoms with van der Waals surface area (Å²) >= 11 is 0. The first kappa shape index (κ1) is 15.0. The van der Waals surface area contributed by atoms with Gasteiger partial charge >= 0.3 is 0 Å². The van der Waals surface area contributed by atoms with E-state index in [4.69, 9.17) is 0 Å². The number of amides is 1. The fraction of sp³-hybridized carbons (Fsp3) is 0.684. The first-order chi connectivity index (χ1) is 11.2. The zero-order chi connectivity index (χ0) is 15.8. The maximum absolute atomic E-state index is 12.6. The van der Waals surface area contributed by atoms with E-state index >= 15 is 0 Å². The minimum absolute atomic E-state index is 0.109. The lowest BCUT2D eigenvalue weighted by molar-refractivity contribution is -0.134. The van der Waals surface area contributed by atoms with Gasteiger partial charge in [0, 0.05) is 43.7 Å². The Balaban J connectivity index is 1.43. The zero-order valence-electron chi connectivity index (χ0n) is 13.7. The topological polar surface area (TPSA) is 42.3 Å². The minimum atomic E-state index is 0.109. The number of rotatable bonds is 3. The van der Waals surface area contributed by atoms with Crippen molar-refractivity contribution >= 4 is 5.91 Å². The van der Waals surface area contributed by atoms with Crippen LogP contribution >= 0.6 is 0 Å². The number of fused-ring (bicyclic) bond motifs is 4. The maximum Gasteiger partial charge on any atom is 0.250 e. The van der Waals surface area contributed by atoms with Crippen molar-refractivity contribution < 1.29 is 4.79 Å². The molecule has 2 unspecified atom stereocenters. The lowest BCUT2D eigenvalue weighted by atomic mass is 9.83. The molecule has 0 spiro atoms. The normalized spacial score (nSPS) is 27.0. The smallest absolute Gasteiger partial charge is 0.250 e. The third-order valence-corrected chi connectivity index (χ3v) is 6.07. The fourth-order valence-electron chi connectivity index (χ4n) is 4.88. The van der Waals surface area contributed by atoms with Crippen molar-refractivity contribution in [3.63, 3.8) is 0 Å². The van der Waals surface area contributed by atoms with Gasteiger partial charge in [-0.3, -0.25) is 9.59 Å². The number of hydrogen-bond donors (Lipinski definition) is 0. The highest BCUT2D eigenvalue weighted by Gasteiger charge is 2.36. The van der Waals surface area contributed by atoms with Crippen LogP contribution < -0.4 is 5.56 Å². The molecule has 3 heterocycles. The Morgan fingerprint density at radius 1 is 1.13 bits per heavy atom. The molecule has 4 nitrogen and oxygen atoms in total. The molecule has 23 heavy (non-hydrogen) atoms. The summed E-state index contributed by atoms with van der Waals surface area (Å²) in [4.78, 5) is 26.7. The molecular weight excluding hydrogens is 288 g/mol. The van der Waals surface area contributed by atoms with E-state index in [1.165, 1.54) is 25.7 Å². The van der Waals surface area contributed by atoms with Gasteiger partial charge in [-0.2, -0.15) is 0 Å². The van der Waals surface area contributed by atoms with Crippen molar-refractivity contribution in [1.82, 2.24) is 9.47 Å². The molecule has 0 aromatic carbocycles. The van der Waals surface area contributed by atoms with E-state index in [0.29, 0.717) is 24.2 Å². The number of nitrogens with zero attached hydrogens (tertiary/aromatic N) is 2. The van der Waals surface area contributed by atoms with Crippen LogP contribution in [0.4, 0.5) is 0 Å². The standard InChI is InChI=1S/C19H26N2O2/c22-18(9-8-14-4-1-2-5-14)20-11-15-10-16(13-20)17-6-3-7-19(23)21(17)12-15/h3,6-7,14-16H,1-2,4-5,8-13H2. The fourth-order valence-corrected chi connectivity index (χ4v) is 4.88. The van der Waals surface area contributed by atoms with Crippen LogP contribution in [0.1, 0.15) is 56.6 Å². The third-order valence-electron chi connectivity index (χ3n) is 6.07. The highest BCUT2D eigenvalue weighted by Crippen LogP contribution is 2.35. The molecule has 0 radical (unpaired) electrons. The van der Waals surface area contributed by atoms with Crippen LogP contribution in [0.5, 0.6) is 0 Å². The van der Waals surface area contributed by atoms with Crippen LogP contribution in [-0.2, 0) is 11.3 Å². The molecule has 1 saturated carbocycles. The molecule has 2 bridgehead atoms. The van der Waals surface area contributed by atoms with Crippen molar-refractivity contribution in [3.05, 3.63) is 34.2 Å². The molecule has 124 valence electrons. The quantitative estimate of drug-likeness (QED) is 0.861. The average Bonchev–Trinajstić information content (AvgIpc) is 3.07. The van der Waals surface area contributed by atoms with Crippen molar-refractivity contribution in [2.45, 2.75) is 57.4 Å². The molecule has 3 aliphatic rings. The Morgan fingerprint density at radius 3 is 2.78 bits per heavy atom. The second-order valence-corrected chi connectivity index (χ2v) is 7.69. The number of aromatic nitrogens is 1. The van der Waals surface area contributed by atoms with Gasteiger partial charge in [0.05, 0.1) is 0 Å². The van der Waals surface area contributed by atoms with Gasteiger partial charge in [0.2, 0.25) is 5.91 Å². The molecule has 2 atom stereocenters. The van der Waals surface area contributed by atoms with Crippen molar-refractivity contribution in [3.8, 4) is 0 Å². The third kappa shape index (κ3) is 2.96. The summed E-state index contributed by atoms with van der Waals surface area (Å²) in [6.45, 7) is 2.40. The van der Waals surface area contributed by atoms with E-state index in [2.05, 4.69) is 11.0 Å². The summed E-state index contributed by atoms with van der Waals surface area (Å²) in [5.74, 6) is 1.89. The van der Waals surface area contributed by atoms with E-state index in [0.717, 1.165) is 44.1 Å². The van der Waals surface area contributed by atoms with Gasteiger partial charge in [-0.25, -0.2) is 0 Å². The van der Waals surface area contributed by atoms with Crippen LogP contribution in [0.15, 0.2) is 23.0 Å². The molecule has 1 saturated heterocycles. The second-order valence-electron chi connectivity index (χ2n) is 7.69. The van der Waals surface area contributed by atoms with Gasteiger partial charge < -0.3 is 9.47 Å². The largest absolute Gasteiger partial charge is 0.342 e. The molecular formula is C19H26N2O2. The highest BCUT2D eigenvalue weighted by molar-refractivity contribution is 5.76. The van der Waals surface area contributed by atoms with Gasteiger partial charge in [-0.05, 0) is 30.7 Å². The van der Waals surface area contributed by atoms with Crippen LogP contribution in [0, 0.1) is 11.8 Å². The summed E-state index contributed by atoms with van der Waals surface area (Å²) in [6.07, 6.45) is 8.22. The van der Waals surface area contributed by atoms with E-state index in [1.807, 2.05) is 10.6 Å². The molecule has 2 fully saturated rings. The van der Waals surface area contributed by atoms with Crippen molar-refractivity contribution in [2.75, 3.05) is 13.1 Å². The number of likely N-dealkylation sites (tertiary alicyclic amines) is 1. The van der Waals surface area contributed by atoms with Gasteiger partial charge in [-0.1, -0.05) is 31.7 Å². The van der Waals surface area contributed by atoms with E-state index < -0.39 is 0 Å². The molecule has 1 aromatic heterocycles. The van der Waals surface area contributed by atoms with Gasteiger partial charge in [0.1, 0.15) is 0 Å². The highest BCUT2D eigenvalue weighted by atomic mass is 16.2. The Kier molecular flexibility index (Phi) is 4.00. The van der Waals surface area contributed by atoms with Crippen LogP contribution in [0.25, 0.3) is 0 Å². The molecule has 1 aliphatic carbocycles. The van der Waals surface area contributed by atoms with Crippen LogP contribution in [-0.4, -0.2) is 28.5 Å². The Hall–Kier alpha value is -1.58. The summed E-state index contributed by atoms with van der Waals surface area (Å²) in [5.41, 5.74) is 1.24. The molecule has 2 aliphatic heterocycles. The number of hydrogen-bond acceptors (Lipinski definition) is 2. The molecule has 4 rings (SSSR count). The average molecular weight is 314 g/mol. The Morgan fingerprint density at radius 2 is 1.96 bits per heavy atom. The summed E-state index contributed by atoms with van der Waals surface area (Å²) in [5, 5.41) is 0. The SMILES string of the molecule is O=C(CCC1CCCC1)N1CC2CC(C1)c1cccc(=O)n1C2. The monoisotopic (exact) mass is 314 g/mol. The van der Waals surface area contributed by atoms with Gasteiger partial charge in [0.25, 0.3) is 5.56 Å². The number of piperidine rings is 1. The Labute approximate surface area is 137 Å². The molecule has 1 amide bonds. The number of pyridine rings is 1. The van der Waals surface area contributed by atoms with Crippen LogP contribution in [0.2, 0.25) is 0 Å². The minimum Gasteiger partial charge on any atom is -0.342 e.